The molecule has 0 aliphatic carbocycles. The van der Waals surface area contributed by atoms with Gasteiger partial charge in [0.05, 0.1) is 0 Å². The molecule has 1 aromatic carbocycles. The predicted molar refractivity (Wildman–Crippen MR) is 83.5 cm³/mol. The zero-order valence-corrected chi connectivity index (χ0v) is 13.1. The Morgan fingerprint density at radius 1 is 1.20 bits per heavy atom. The van der Waals surface area contributed by atoms with Gasteiger partial charge in [-0.05, 0) is 29.1 Å². The van der Waals surface area contributed by atoms with Crippen LogP contribution in [0.5, 0.6) is 0 Å². The van der Waals surface area contributed by atoms with E-state index in [1.54, 1.807) is 23.6 Å². The number of nitrogens with one attached hydrogen (secondary N) is 2. The summed E-state index contributed by atoms with van der Waals surface area (Å²) in [5, 5.41) is 5.05. The first kappa shape index (κ1) is 15.0. The van der Waals surface area contributed by atoms with E-state index >= 15 is 0 Å². The molecule has 0 radical (unpaired) electrons. The first-order valence-corrected chi connectivity index (χ1v) is 8.72. The van der Waals surface area contributed by atoms with Crippen LogP contribution in [0.15, 0.2) is 46.0 Å². The third-order valence-electron chi connectivity index (χ3n) is 2.65. The SMILES string of the molecule is CC(C)NCc1cccc(NS(=O)(=O)c2cccs2)c1. The molecular formula is C14H18N2O2S2. The lowest BCUT2D eigenvalue weighted by Gasteiger charge is -2.10. The van der Waals surface area contributed by atoms with E-state index in [1.807, 2.05) is 18.2 Å². The average molecular weight is 310 g/mol. The summed E-state index contributed by atoms with van der Waals surface area (Å²) >= 11 is 1.20. The molecule has 0 atom stereocenters. The van der Waals surface area contributed by atoms with Crippen LogP contribution in [-0.4, -0.2) is 14.5 Å². The molecule has 0 aliphatic heterocycles. The van der Waals surface area contributed by atoms with Crippen molar-refractivity contribution in [3.63, 3.8) is 0 Å². The fourth-order valence-corrected chi connectivity index (χ4v) is 3.73. The van der Waals surface area contributed by atoms with Gasteiger partial charge in [0.15, 0.2) is 0 Å². The highest BCUT2D eigenvalue weighted by molar-refractivity contribution is 7.94. The maximum atomic E-state index is 12.1. The number of hydrogen-bond acceptors (Lipinski definition) is 4. The van der Waals surface area contributed by atoms with Gasteiger partial charge < -0.3 is 5.32 Å². The molecule has 2 N–H and O–H groups in total. The van der Waals surface area contributed by atoms with Crippen molar-refractivity contribution >= 4 is 27.0 Å². The Morgan fingerprint density at radius 2 is 2.00 bits per heavy atom. The zero-order valence-electron chi connectivity index (χ0n) is 11.5. The van der Waals surface area contributed by atoms with Crippen molar-refractivity contribution in [2.24, 2.45) is 0 Å². The second-order valence-electron chi connectivity index (χ2n) is 4.77. The average Bonchev–Trinajstić information content (AvgIpc) is 2.91. The van der Waals surface area contributed by atoms with Crippen LogP contribution in [0.25, 0.3) is 0 Å². The van der Waals surface area contributed by atoms with Crippen molar-refractivity contribution < 1.29 is 8.42 Å². The molecule has 2 rings (SSSR count). The van der Waals surface area contributed by atoms with Gasteiger partial charge in [0.1, 0.15) is 4.21 Å². The Kier molecular flexibility index (Phi) is 4.80. The summed E-state index contributed by atoms with van der Waals surface area (Å²) in [4.78, 5) is 0. The molecule has 1 aromatic heterocycles. The first-order valence-electron chi connectivity index (χ1n) is 6.36. The van der Waals surface area contributed by atoms with Crippen LogP contribution in [0.4, 0.5) is 5.69 Å². The molecule has 0 saturated carbocycles. The molecule has 0 aliphatic rings. The molecule has 1 heterocycles. The number of anilines is 1. The van der Waals surface area contributed by atoms with E-state index in [9.17, 15) is 8.42 Å². The quantitative estimate of drug-likeness (QED) is 0.862. The van der Waals surface area contributed by atoms with Crippen molar-refractivity contribution in [1.29, 1.82) is 0 Å². The molecule has 0 fully saturated rings. The van der Waals surface area contributed by atoms with Crippen LogP contribution >= 0.6 is 11.3 Å². The number of rotatable bonds is 6. The predicted octanol–water partition coefficient (Wildman–Crippen LogP) is 3.05. The lowest BCUT2D eigenvalue weighted by Crippen LogP contribution is -2.21. The number of thiophene rings is 1. The first-order chi connectivity index (χ1) is 9.47. The molecule has 0 amide bonds. The molecule has 20 heavy (non-hydrogen) atoms. The minimum Gasteiger partial charge on any atom is -0.310 e. The van der Waals surface area contributed by atoms with E-state index in [1.165, 1.54) is 11.3 Å². The molecule has 6 heteroatoms. The van der Waals surface area contributed by atoms with Crippen LogP contribution in [0, 0.1) is 0 Å². The summed E-state index contributed by atoms with van der Waals surface area (Å²) in [6.07, 6.45) is 0. The van der Waals surface area contributed by atoms with Gasteiger partial charge in [-0.3, -0.25) is 4.72 Å². The monoisotopic (exact) mass is 310 g/mol. The fourth-order valence-electron chi connectivity index (χ4n) is 1.69. The van der Waals surface area contributed by atoms with E-state index < -0.39 is 10.0 Å². The highest BCUT2D eigenvalue weighted by Crippen LogP contribution is 2.20. The summed E-state index contributed by atoms with van der Waals surface area (Å²) < 4.78 is 27.2. The topological polar surface area (TPSA) is 58.2 Å². The molecule has 0 unspecified atom stereocenters. The van der Waals surface area contributed by atoms with Gasteiger partial charge in [0.25, 0.3) is 10.0 Å². The summed E-state index contributed by atoms with van der Waals surface area (Å²) in [6, 6.07) is 11.1. The number of benzene rings is 1. The highest BCUT2D eigenvalue weighted by atomic mass is 32.2. The van der Waals surface area contributed by atoms with Crippen molar-refractivity contribution in [3.05, 3.63) is 47.3 Å². The van der Waals surface area contributed by atoms with E-state index in [2.05, 4.69) is 23.9 Å². The zero-order chi connectivity index (χ0) is 14.6. The normalized spacial score (nSPS) is 11.8. The van der Waals surface area contributed by atoms with Gasteiger partial charge in [-0.2, -0.15) is 0 Å². The maximum absolute atomic E-state index is 12.1. The Balaban J connectivity index is 2.12. The molecule has 0 saturated heterocycles. The molecule has 0 bridgehead atoms. The number of sulfonamides is 1. The van der Waals surface area contributed by atoms with Gasteiger partial charge in [-0.15, -0.1) is 11.3 Å². The Morgan fingerprint density at radius 3 is 2.65 bits per heavy atom. The Hall–Kier alpha value is -1.37. The second-order valence-corrected chi connectivity index (χ2v) is 7.63. The van der Waals surface area contributed by atoms with Crippen molar-refractivity contribution in [1.82, 2.24) is 5.32 Å². The van der Waals surface area contributed by atoms with Crippen LogP contribution in [-0.2, 0) is 16.6 Å². The second kappa shape index (κ2) is 6.39. The van der Waals surface area contributed by atoms with E-state index in [4.69, 9.17) is 0 Å². The Labute approximate surface area is 123 Å². The summed E-state index contributed by atoms with van der Waals surface area (Å²) in [5.41, 5.74) is 1.63. The molecule has 0 spiro atoms. The van der Waals surface area contributed by atoms with Crippen LogP contribution in [0.2, 0.25) is 0 Å². The highest BCUT2D eigenvalue weighted by Gasteiger charge is 2.15. The van der Waals surface area contributed by atoms with E-state index in [0.717, 1.165) is 5.56 Å². The minimum absolute atomic E-state index is 0.322. The van der Waals surface area contributed by atoms with Crippen molar-refractivity contribution in [2.75, 3.05) is 4.72 Å². The molecular weight excluding hydrogens is 292 g/mol. The van der Waals surface area contributed by atoms with Gasteiger partial charge in [-0.1, -0.05) is 32.0 Å². The minimum atomic E-state index is -3.47. The maximum Gasteiger partial charge on any atom is 0.271 e. The lowest BCUT2D eigenvalue weighted by atomic mass is 10.2. The van der Waals surface area contributed by atoms with Crippen LogP contribution in [0.1, 0.15) is 19.4 Å². The van der Waals surface area contributed by atoms with Gasteiger partial charge in [-0.25, -0.2) is 8.42 Å². The molecule has 4 nitrogen and oxygen atoms in total. The molecule has 108 valence electrons. The summed E-state index contributed by atoms with van der Waals surface area (Å²) in [5.74, 6) is 0. The van der Waals surface area contributed by atoms with Gasteiger partial charge >= 0.3 is 0 Å². The summed E-state index contributed by atoms with van der Waals surface area (Å²) in [6.45, 7) is 4.86. The third kappa shape index (κ3) is 4.06. The van der Waals surface area contributed by atoms with Gasteiger partial charge in [0.2, 0.25) is 0 Å². The molecule has 2 aromatic rings. The van der Waals surface area contributed by atoms with Crippen molar-refractivity contribution in [2.45, 2.75) is 30.6 Å². The Bertz CT molecular complexity index is 650. The largest absolute Gasteiger partial charge is 0.310 e. The van der Waals surface area contributed by atoms with E-state index in [0.29, 0.717) is 22.5 Å². The smallest absolute Gasteiger partial charge is 0.271 e. The lowest BCUT2D eigenvalue weighted by molar-refractivity contribution is 0.589. The summed E-state index contributed by atoms with van der Waals surface area (Å²) in [7, 11) is -3.47. The van der Waals surface area contributed by atoms with Crippen LogP contribution < -0.4 is 10.0 Å². The standard InChI is InChI=1S/C14H18N2O2S2/c1-11(2)15-10-12-5-3-6-13(9-12)16-20(17,18)14-7-4-8-19-14/h3-9,11,15-16H,10H2,1-2H3. The van der Waals surface area contributed by atoms with Gasteiger partial charge in [0, 0.05) is 18.3 Å². The van der Waals surface area contributed by atoms with Crippen molar-refractivity contribution in [3.8, 4) is 0 Å². The number of hydrogen-bond donors (Lipinski definition) is 2. The van der Waals surface area contributed by atoms with E-state index in [-0.39, 0.29) is 0 Å². The third-order valence-corrected chi connectivity index (χ3v) is 5.43. The fraction of sp³-hybridized carbons (Fsp3) is 0.286. The van der Waals surface area contributed by atoms with Crippen LogP contribution in [0.3, 0.4) is 0 Å².